The van der Waals surface area contributed by atoms with Crippen LogP contribution in [0.25, 0.3) is 0 Å². The van der Waals surface area contributed by atoms with Crippen LogP contribution in [0.4, 0.5) is 4.39 Å². The van der Waals surface area contributed by atoms with E-state index in [1.807, 2.05) is 0 Å². The molecule has 0 N–H and O–H groups in total. The Balaban J connectivity index is 3.54. The van der Waals surface area contributed by atoms with Crippen LogP contribution in [0.1, 0.15) is 22.8 Å². The maximum atomic E-state index is 13.1. The number of hydrogen-bond acceptors (Lipinski definition) is 3. The van der Waals surface area contributed by atoms with Crippen LogP contribution in [0.5, 0.6) is 5.75 Å². The summed E-state index contributed by atoms with van der Waals surface area (Å²) >= 11 is 0. The van der Waals surface area contributed by atoms with E-state index in [-0.39, 0.29) is 16.9 Å². The van der Waals surface area contributed by atoms with E-state index in [2.05, 4.69) is 0 Å². The topological polar surface area (TPSA) is 50.1 Å². The molecule has 0 fully saturated rings. The zero-order valence-electron chi connectivity index (χ0n) is 7.80. The second-order valence-electron chi connectivity index (χ2n) is 2.67. The number of carbonyl (C=O) groups excluding carboxylic acids is 1. The second-order valence-corrected chi connectivity index (χ2v) is 2.67. The molecule has 72 valence electrons. The van der Waals surface area contributed by atoms with Crippen molar-refractivity contribution in [3.8, 4) is 11.8 Å². The Hall–Kier alpha value is -1.89. The van der Waals surface area contributed by atoms with Crippen LogP contribution in [0, 0.1) is 17.1 Å². The molecule has 0 aliphatic rings. The van der Waals surface area contributed by atoms with Gasteiger partial charge in [0.2, 0.25) is 0 Å². The molecule has 0 spiro atoms. The molecule has 0 saturated heterocycles. The van der Waals surface area contributed by atoms with Crippen molar-refractivity contribution >= 4 is 5.78 Å². The van der Waals surface area contributed by atoms with Crippen molar-refractivity contribution in [2.45, 2.75) is 6.92 Å². The van der Waals surface area contributed by atoms with Crippen molar-refractivity contribution in [2.24, 2.45) is 0 Å². The van der Waals surface area contributed by atoms with Crippen molar-refractivity contribution in [3.63, 3.8) is 0 Å². The lowest BCUT2D eigenvalue weighted by Gasteiger charge is -2.07. The van der Waals surface area contributed by atoms with Gasteiger partial charge in [-0.3, -0.25) is 4.79 Å². The molecule has 0 heterocycles. The molecule has 0 unspecified atom stereocenters. The summed E-state index contributed by atoms with van der Waals surface area (Å²) in [6.45, 7) is 1.26. The third kappa shape index (κ3) is 1.57. The lowest BCUT2D eigenvalue weighted by molar-refractivity contribution is 0.101. The fourth-order valence-corrected chi connectivity index (χ4v) is 1.19. The number of ether oxygens (including phenoxy) is 1. The monoisotopic (exact) mass is 193 g/mol. The van der Waals surface area contributed by atoms with E-state index in [9.17, 15) is 9.18 Å². The zero-order chi connectivity index (χ0) is 10.7. The van der Waals surface area contributed by atoms with Gasteiger partial charge in [0, 0.05) is 0 Å². The van der Waals surface area contributed by atoms with Gasteiger partial charge in [-0.25, -0.2) is 4.39 Å². The first-order valence-electron chi connectivity index (χ1n) is 3.89. The largest absolute Gasteiger partial charge is 0.496 e. The van der Waals surface area contributed by atoms with E-state index < -0.39 is 11.6 Å². The summed E-state index contributed by atoms with van der Waals surface area (Å²) in [5.74, 6) is -0.883. The van der Waals surface area contributed by atoms with Gasteiger partial charge in [0.05, 0.1) is 12.7 Å². The molecule has 1 rings (SSSR count). The van der Waals surface area contributed by atoms with Gasteiger partial charge >= 0.3 is 0 Å². The molecule has 0 aliphatic heterocycles. The van der Waals surface area contributed by atoms with E-state index in [1.54, 1.807) is 6.07 Å². The molecule has 0 bridgehead atoms. The van der Waals surface area contributed by atoms with Gasteiger partial charge in [0.15, 0.2) is 5.78 Å². The zero-order valence-corrected chi connectivity index (χ0v) is 7.80. The third-order valence-corrected chi connectivity index (χ3v) is 1.80. The van der Waals surface area contributed by atoms with Crippen LogP contribution >= 0.6 is 0 Å². The predicted molar refractivity (Wildman–Crippen MR) is 47.7 cm³/mol. The first-order chi connectivity index (χ1) is 6.61. The quantitative estimate of drug-likeness (QED) is 0.674. The smallest absolute Gasteiger partial charge is 0.164 e. The molecule has 0 amide bonds. The minimum absolute atomic E-state index is 0.00463. The molecular formula is C10H8FNO2. The lowest BCUT2D eigenvalue weighted by Crippen LogP contribution is -2.03. The minimum Gasteiger partial charge on any atom is -0.496 e. The molecule has 14 heavy (non-hydrogen) atoms. The fourth-order valence-electron chi connectivity index (χ4n) is 1.19. The van der Waals surface area contributed by atoms with Crippen molar-refractivity contribution in [2.75, 3.05) is 7.11 Å². The summed E-state index contributed by atoms with van der Waals surface area (Å²) in [5.41, 5.74) is -0.271. The SMILES string of the molecule is COc1ccc(F)c(C#N)c1C(C)=O. The Bertz CT molecular complexity index is 421. The number of hydrogen-bond donors (Lipinski definition) is 0. The summed E-state index contributed by atoms with van der Waals surface area (Å²) in [6.07, 6.45) is 0. The molecule has 4 heteroatoms. The summed E-state index contributed by atoms with van der Waals surface area (Å²) in [7, 11) is 1.36. The number of rotatable bonds is 2. The van der Waals surface area contributed by atoms with Crippen LogP contribution < -0.4 is 4.74 Å². The van der Waals surface area contributed by atoms with Crippen molar-refractivity contribution < 1.29 is 13.9 Å². The van der Waals surface area contributed by atoms with E-state index in [4.69, 9.17) is 10.00 Å². The van der Waals surface area contributed by atoms with Gasteiger partial charge in [0.25, 0.3) is 0 Å². The highest BCUT2D eigenvalue weighted by Crippen LogP contribution is 2.24. The van der Waals surface area contributed by atoms with Crippen LogP contribution in [-0.4, -0.2) is 12.9 Å². The lowest BCUT2D eigenvalue weighted by atomic mass is 10.0. The van der Waals surface area contributed by atoms with Gasteiger partial charge in [-0.05, 0) is 19.1 Å². The van der Waals surface area contributed by atoms with E-state index in [0.717, 1.165) is 6.07 Å². The summed E-state index contributed by atoms with van der Waals surface area (Å²) < 4.78 is 18.0. The third-order valence-electron chi connectivity index (χ3n) is 1.80. The molecule has 0 radical (unpaired) electrons. The minimum atomic E-state index is -0.710. The molecular weight excluding hydrogens is 185 g/mol. The molecule has 3 nitrogen and oxygen atoms in total. The average Bonchev–Trinajstić information content (AvgIpc) is 2.17. The number of nitrogens with zero attached hydrogens (tertiary/aromatic N) is 1. The Labute approximate surface area is 80.7 Å². The number of halogens is 1. The maximum absolute atomic E-state index is 13.1. The van der Waals surface area contributed by atoms with Crippen molar-refractivity contribution in [1.29, 1.82) is 5.26 Å². The second kappa shape index (κ2) is 3.88. The van der Waals surface area contributed by atoms with Crippen LogP contribution in [0.15, 0.2) is 12.1 Å². The van der Waals surface area contributed by atoms with Gasteiger partial charge in [-0.2, -0.15) is 5.26 Å². The predicted octanol–water partition coefficient (Wildman–Crippen LogP) is 1.91. The van der Waals surface area contributed by atoms with Gasteiger partial charge in [-0.1, -0.05) is 0 Å². The summed E-state index contributed by atoms with van der Waals surface area (Å²) in [4.78, 5) is 11.2. The molecule has 0 atom stereocenters. The number of ketones is 1. The first-order valence-corrected chi connectivity index (χ1v) is 3.89. The van der Waals surface area contributed by atoms with E-state index >= 15 is 0 Å². The fraction of sp³-hybridized carbons (Fsp3) is 0.200. The summed E-state index contributed by atoms with van der Waals surface area (Å²) in [6, 6.07) is 4.07. The molecule has 0 saturated carbocycles. The molecule has 0 aromatic heterocycles. The number of benzene rings is 1. The van der Waals surface area contributed by atoms with Gasteiger partial charge in [0.1, 0.15) is 23.2 Å². The number of Topliss-reactive ketones (excluding diaryl/α,β-unsaturated/α-hetero) is 1. The summed E-state index contributed by atoms with van der Waals surface area (Å²) in [5, 5.41) is 8.67. The highest BCUT2D eigenvalue weighted by molar-refractivity contribution is 5.99. The Morgan fingerprint density at radius 2 is 2.21 bits per heavy atom. The average molecular weight is 193 g/mol. The van der Waals surface area contributed by atoms with E-state index in [0.29, 0.717) is 0 Å². The Kier molecular flexibility index (Phi) is 2.82. The maximum Gasteiger partial charge on any atom is 0.164 e. The van der Waals surface area contributed by atoms with Crippen molar-refractivity contribution in [1.82, 2.24) is 0 Å². The van der Waals surface area contributed by atoms with E-state index in [1.165, 1.54) is 20.1 Å². The Morgan fingerprint density at radius 1 is 1.57 bits per heavy atom. The standard InChI is InChI=1S/C10H8FNO2/c1-6(13)10-7(5-12)8(11)3-4-9(10)14-2/h3-4H,1-2H3. The number of methoxy groups -OCH3 is 1. The molecule has 0 aliphatic carbocycles. The first kappa shape index (κ1) is 10.2. The van der Waals surface area contributed by atoms with Gasteiger partial charge in [-0.15, -0.1) is 0 Å². The van der Waals surface area contributed by atoms with Crippen LogP contribution in [-0.2, 0) is 0 Å². The van der Waals surface area contributed by atoms with Crippen molar-refractivity contribution in [3.05, 3.63) is 29.1 Å². The van der Waals surface area contributed by atoms with Crippen LogP contribution in [0.2, 0.25) is 0 Å². The highest BCUT2D eigenvalue weighted by Gasteiger charge is 2.17. The normalized spacial score (nSPS) is 9.29. The molecule has 1 aromatic carbocycles. The van der Waals surface area contributed by atoms with Gasteiger partial charge < -0.3 is 4.74 Å². The van der Waals surface area contributed by atoms with Crippen LogP contribution in [0.3, 0.4) is 0 Å². The molecule has 1 aromatic rings. The Morgan fingerprint density at radius 3 is 2.64 bits per heavy atom. The number of nitriles is 1. The number of carbonyl (C=O) groups is 1. The highest BCUT2D eigenvalue weighted by atomic mass is 19.1.